The summed E-state index contributed by atoms with van der Waals surface area (Å²) in [6.07, 6.45) is 3.09. The van der Waals surface area contributed by atoms with Crippen LogP contribution >= 0.6 is 11.8 Å². The predicted octanol–water partition coefficient (Wildman–Crippen LogP) is 1.63. The molecule has 1 saturated heterocycles. The summed E-state index contributed by atoms with van der Waals surface area (Å²) in [4.78, 5) is 0. The van der Waals surface area contributed by atoms with Crippen LogP contribution in [0.1, 0.15) is 33.1 Å². The van der Waals surface area contributed by atoms with Crippen LogP contribution in [0.2, 0.25) is 0 Å². The number of aliphatic hydroxyl groups is 1. The lowest BCUT2D eigenvalue weighted by atomic mass is 10.1. The fourth-order valence-electron chi connectivity index (χ4n) is 1.70. The first-order valence-electron chi connectivity index (χ1n) is 5.25. The maximum Gasteiger partial charge on any atom is 0.0664 e. The Balaban J connectivity index is 2.05. The maximum absolute atomic E-state index is 9.51. The summed E-state index contributed by atoms with van der Waals surface area (Å²) < 4.78 is 0. The third kappa shape index (κ3) is 4.34. The number of rotatable bonds is 5. The van der Waals surface area contributed by atoms with Crippen LogP contribution < -0.4 is 5.32 Å². The number of thioether (sulfide) groups is 1. The van der Waals surface area contributed by atoms with Crippen LogP contribution in [0.4, 0.5) is 0 Å². The lowest BCUT2D eigenvalue weighted by Crippen LogP contribution is -2.35. The Hall–Kier alpha value is 0.270. The smallest absolute Gasteiger partial charge is 0.0664 e. The zero-order valence-corrected chi connectivity index (χ0v) is 9.44. The van der Waals surface area contributed by atoms with Crippen molar-refractivity contribution in [2.45, 2.75) is 50.5 Å². The molecule has 2 nitrogen and oxygen atoms in total. The Morgan fingerprint density at radius 2 is 2.38 bits per heavy atom. The van der Waals surface area contributed by atoms with Gasteiger partial charge in [-0.3, -0.25) is 0 Å². The van der Waals surface area contributed by atoms with E-state index >= 15 is 0 Å². The molecule has 1 fully saturated rings. The Labute approximate surface area is 85.5 Å². The summed E-state index contributed by atoms with van der Waals surface area (Å²) >= 11 is 2.03. The van der Waals surface area contributed by atoms with E-state index in [1.165, 1.54) is 12.2 Å². The molecule has 3 heteroatoms. The van der Waals surface area contributed by atoms with Gasteiger partial charge in [0.25, 0.3) is 0 Å². The quantitative estimate of drug-likeness (QED) is 0.712. The number of hydrogen-bond acceptors (Lipinski definition) is 3. The van der Waals surface area contributed by atoms with E-state index in [9.17, 15) is 5.11 Å². The SMILES string of the molecule is CCCC(O)CNC1CSC(C)C1. The van der Waals surface area contributed by atoms with Crippen molar-refractivity contribution in [3.8, 4) is 0 Å². The molecule has 0 aliphatic carbocycles. The summed E-state index contributed by atoms with van der Waals surface area (Å²) in [5.74, 6) is 1.21. The van der Waals surface area contributed by atoms with Crippen molar-refractivity contribution < 1.29 is 5.11 Å². The van der Waals surface area contributed by atoms with Crippen LogP contribution in [-0.4, -0.2) is 34.8 Å². The topological polar surface area (TPSA) is 32.3 Å². The molecule has 0 saturated carbocycles. The normalized spacial score (nSPS) is 30.7. The van der Waals surface area contributed by atoms with E-state index in [1.807, 2.05) is 11.8 Å². The number of nitrogens with one attached hydrogen (secondary N) is 1. The molecule has 0 aromatic carbocycles. The molecule has 1 aliphatic heterocycles. The van der Waals surface area contributed by atoms with E-state index in [0.29, 0.717) is 6.04 Å². The first-order valence-corrected chi connectivity index (χ1v) is 6.30. The van der Waals surface area contributed by atoms with E-state index in [2.05, 4.69) is 19.2 Å². The standard InChI is InChI=1S/C10H21NOS/c1-3-4-10(12)6-11-9-5-8(2)13-7-9/h8-12H,3-7H2,1-2H3. The Kier molecular flexibility index (Phi) is 5.14. The molecule has 0 aromatic rings. The lowest BCUT2D eigenvalue weighted by Gasteiger charge is -2.15. The fourth-order valence-corrected chi connectivity index (χ4v) is 2.88. The second-order valence-electron chi connectivity index (χ2n) is 3.93. The van der Waals surface area contributed by atoms with E-state index in [-0.39, 0.29) is 6.10 Å². The predicted molar refractivity (Wildman–Crippen MR) is 59.2 cm³/mol. The summed E-state index contributed by atoms with van der Waals surface area (Å²) in [7, 11) is 0. The molecule has 78 valence electrons. The van der Waals surface area contributed by atoms with Crippen molar-refractivity contribution in [2.24, 2.45) is 0 Å². The molecule has 1 aliphatic rings. The van der Waals surface area contributed by atoms with Crippen molar-refractivity contribution >= 4 is 11.8 Å². The largest absolute Gasteiger partial charge is 0.392 e. The molecular formula is C10H21NOS. The van der Waals surface area contributed by atoms with Gasteiger partial charge in [0.1, 0.15) is 0 Å². The van der Waals surface area contributed by atoms with Gasteiger partial charge in [0.05, 0.1) is 6.10 Å². The highest BCUT2D eigenvalue weighted by atomic mass is 32.2. The van der Waals surface area contributed by atoms with Gasteiger partial charge < -0.3 is 10.4 Å². The molecule has 0 radical (unpaired) electrons. The van der Waals surface area contributed by atoms with Crippen LogP contribution in [0.3, 0.4) is 0 Å². The van der Waals surface area contributed by atoms with Gasteiger partial charge >= 0.3 is 0 Å². The average molecular weight is 203 g/mol. The third-order valence-electron chi connectivity index (χ3n) is 2.46. The van der Waals surface area contributed by atoms with Crippen molar-refractivity contribution in [1.82, 2.24) is 5.32 Å². The van der Waals surface area contributed by atoms with E-state index < -0.39 is 0 Å². The Morgan fingerprint density at radius 1 is 1.62 bits per heavy atom. The van der Waals surface area contributed by atoms with Gasteiger partial charge in [-0.2, -0.15) is 11.8 Å². The van der Waals surface area contributed by atoms with Gasteiger partial charge in [-0.25, -0.2) is 0 Å². The van der Waals surface area contributed by atoms with Gasteiger partial charge in [-0.05, 0) is 12.8 Å². The van der Waals surface area contributed by atoms with Crippen molar-refractivity contribution in [3.63, 3.8) is 0 Å². The van der Waals surface area contributed by atoms with E-state index in [1.54, 1.807) is 0 Å². The van der Waals surface area contributed by atoms with Crippen LogP contribution in [0.25, 0.3) is 0 Å². The van der Waals surface area contributed by atoms with Crippen LogP contribution in [0, 0.1) is 0 Å². The minimum Gasteiger partial charge on any atom is -0.392 e. The molecule has 0 spiro atoms. The van der Waals surface area contributed by atoms with E-state index in [0.717, 1.165) is 24.6 Å². The minimum atomic E-state index is -0.147. The zero-order valence-electron chi connectivity index (χ0n) is 8.62. The molecule has 0 amide bonds. The zero-order chi connectivity index (χ0) is 9.68. The number of aliphatic hydroxyl groups excluding tert-OH is 1. The molecule has 2 N–H and O–H groups in total. The van der Waals surface area contributed by atoms with Crippen molar-refractivity contribution in [2.75, 3.05) is 12.3 Å². The third-order valence-corrected chi connectivity index (χ3v) is 3.82. The lowest BCUT2D eigenvalue weighted by molar-refractivity contribution is 0.157. The monoisotopic (exact) mass is 203 g/mol. The van der Waals surface area contributed by atoms with Gasteiger partial charge in [-0.1, -0.05) is 20.3 Å². The average Bonchev–Trinajstić information content (AvgIpc) is 2.49. The van der Waals surface area contributed by atoms with Gasteiger partial charge in [0.2, 0.25) is 0 Å². The fraction of sp³-hybridized carbons (Fsp3) is 1.00. The molecule has 3 atom stereocenters. The first-order chi connectivity index (χ1) is 6.22. The summed E-state index contributed by atoms with van der Waals surface area (Å²) in [6.45, 7) is 5.15. The van der Waals surface area contributed by atoms with Crippen LogP contribution in [-0.2, 0) is 0 Å². The highest BCUT2D eigenvalue weighted by molar-refractivity contribution is 8.00. The van der Waals surface area contributed by atoms with E-state index in [4.69, 9.17) is 0 Å². The van der Waals surface area contributed by atoms with Gasteiger partial charge in [0, 0.05) is 23.6 Å². The Morgan fingerprint density at radius 3 is 2.92 bits per heavy atom. The van der Waals surface area contributed by atoms with Crippen LogP contribution in [0.5, 0.6) is 0 Å². The summed E-state index contributed by atoms with van der Waals surface area (Å²) in [6, 6.07) is 0.631. The molecule has 3 unspecified atom stereocenters. The molecule has 1 heterocycles. The highest BCUT2D eigenvalue weighted by Crippen LogP contribution is 2.25. The Bertz CT molecular complexity index is 143. The highest BCUT2D eigenvalue weighted by Gasteiger charge is 2.21. The van der Waals surface area contributed by atoms with Gasteiger partial charge in [-0.15, -0.1) is 0 Å². The van der Waals surface area contributed by atoms with Crippen LogP contribution in [0.15, 0.2) is 0 Å². The summed E-state index contributed by atoms with van der Waals surface area (Å²) in [5, 5.41) is 13.7. The molecule has 0 bridgehead atoms. The molecule has 13 heavy (non-hydrogen) atoms. The first kappa shape index (κ1) is 11.3. The molecule has 0 aromatic heterocycles. The second-order valence-corrected chi connectivity index (χ2v) is 5.40. The number of hydrogen-bond donors (Lipinski definition) is 2. The second kappa shape index (κ2) is 5.89. The van der Waals surface area contributed by atoms with Crippen molar-refractivity contribution in [1.29, 1.82) is 0 Å². The molecular weight excluding hydrogens is 182 g/mol. The maximum atomic E-state index is 9.51. The molecule has 1 rings (SSSR count). The van der Waals surface area contributed by atoms with Gasteiger partial charge in [0.15, 0.2) is 0 Å². The van der Waals surface area contributed by atoms with Crippen molar-refractivity contribution in [3.05, 3.63) is 0 Å². The summed E-state index contributed by atoms with van der Waals surface area (Å²) in [5.41, 5.74) is 0. The minimum absolute atomic E-state index is 0.147.